The highest BCUT2D eigenvalue weighted by Gasteiger charge is 2.33. The molecule has 5 heteroatoms. The van der Waals surface area contributed by atoms with E-state index in [1.165, 1.54) is 0 Å². The van der Waals surface area contributed by atoms with E-state index in [1.54, 1.807) is 6.20 Å². The zero-order chi connectivity index (χ0) is 17.5. The monoisotopic (exact) mass is 340 g/mol. The Balaban J connectivity index is 1.48. The SMILES string of the molecule is O=C(CC1(O)CCCC1)NCc1cccc(OCc2ccccn2)c1. The Morgan fingerprint density at radius 3 is 2.80 bits per heavy atom. The zero-order valence-corrected chi connectivity index (χ0v) is 14.3. The molecule has 132 valence electrons. The Bertz CT molecular complexity index is 697. The molecule has 2 N–H and O–H groups in total. The highest BCUT2D eigenvalue weighted by atomic mass is 16.5. The van der Waals surface area contributed by atoms with Crippen molar-refractivity contribution in [2.24, 2.45) is 0 Å². The van der Waals surface area contributed by atoms with E-state index in [-0.39, 0.29) is 12.3 Å². The van der Waals surface area contributed by atoms with Gasteiger partial charge in [0.2, 0.25) is 5.91 Å². The molecule has 0 spiro atoms. The lowest BCUT2D eigenvalue weighted by Gasteiger charge is -2.21. The molecule has 1 aliphatic rings. The lowest BCUT2D eigenvalue weighted by molar-refractivity contribution is -0.126. The summed E-state index contributed by atoms with van der Waals surface area (Å²) in [7, 11) is 0. The maximum absolute atomic E-state index is 12.1. The Labute approximate surface area is 148 Å². The van der Waals surface area contributed by atoms with Gasteiger partial charge in [0.05, 0.1) is 17.7 Å². The van der Waals surface area contributed by atoms with Crippen LogP contribution in [0.25, 0.3) is 0 Å². The Morgan fingerprint density at radius 1 is 1.20 bits per heavy atom. The van der Waals surface area contributed by atoms with Crippen LogP contribution in [-0.4, -0.2) is 21.6 Å². The second-order valence-electron chi connectivity index (χ2n) is 6.64. The van der Waals surface area contributed by atoms with Crippen molar-refractivity contribution >= 4 is 5.91 Å². The largest absolute Gasteiger partial charge is 0.487 e. The molecule has 5 nitrogen and oxygen atoms in total. The highest BCUT2D eigenvalue weighted by molar-refractivity contribution is 5.77. The second-order valence-corrected chi connectivity index (χ2v) is 6.64. The number of benzene rings is 1. The van der Waals surface area contributed by atoms with Gasteiger partial charge < -0.3 is 15.2 Å². The predicted molar refractivity (Wildman–Crippen MR) is 94.9 cm³/mol. The number of aliphatic hydroxyl groups is 1. The van der Waals surface area contributed by atoms with Gasteiger partial charge in [0.1, 0.15) is 12.4 Å². The normalized spacial score (nSPS) is 15.7. The molecular formula is C20H24N2O3. The van der Waals surface area contributed by atoms with Crippen LogP contribution in [0, 0.1) is 0 Å². The van der Waals surface area contributed by atoms with Crippen LogP contribution >= 0.6 is 0 Å². The Morgan fingerprint density at radius 2 is 2.04 bits per heavy atom. The fraction of sp³-hybridized carbons (Fsp3) is 0.400. The van der Waals surface area contributed by atoms with Crippen LogP contribution in [0.3, 0.4) is 0 Å². The second kappa shape index (κ2) is 8.12. The smallest absolute Gasteiger partial charge is 0.223 e. The molecule has 25 heavy (non-hydrogen) atoms. The molecule has 3 rings (SSSR count). The number of carbonyl (C=O) groups excluding carboxylic acids is 1. The average Bonchev–Trinajstić information content (AvgIpc) is 3.05. The number of hydrogen-bond donors (Lipinski definition) is 2. The third kappa shape index (κ3) is 5.29. The van der Waals surface area contributed by atoms with E-state index in [4.69, 9.17) is 4.74 Å². The van der Waals surface area contributed by atoms with Crippen molar-refractivity contribution in [1.82, 2.24) is 10.3 Å². The minimum absolute atomic E-state index is 0.107. The van der Waals surface area contributed by atoms with Gasteiger partial charge in [-0.3, -0.25) is 9.78 Å². The van der Waals surface area contributed by atoms with Crippen LogP contribution < -0.4 is 10.1 Å². The summed E-state index contributed by atoms with van der Waals surface area (Å²) in [6.07, 6.45) is 5.36. The maximum Gasteiger partial charge on any atom is 0.223 e. The molecule has 0 atom stereocenters. The van der Waals surface area contributed by atoms with E-state index in [2.05, 4.69) is 10.3 Å². The van der Waals surface area contributed by atoms with Crippen molar-refractivity contribution in [3.05, 3.63) is 59.9 Å². The summed E-state index contributed by atoms with van der Waals surface area (Å²) in [5, 5.41) is 13.2. The van der Waals surface area contributed by atoms with Crippen LogP contribution in [0.5, 0.6) is 5.75 Å². The third-order valence-corrected chi connectivity index (χ3v) is 4.52. The average molecular weight is 340 g/mol. The molecule has 1 fully saturated rings. The van der Waals surface area contributed by atoms with E-state index in [9.17, 15) is 9.90 Å². The van der Waals surface area contributed by atoms with Gasteiger partial charge in [-0.1, -0.05) is 31.0 Å². The molecule has 1 aromatic heterocycles. The van der Waals surface area contributed by atoms with E-state index >= 15 is 0 Å². The van der Waals surface area contributed by atoms with Crippen LogP contribution in [0.2, 0.25) is 0 Å². The van der Waals surface area contributed by atoms with Gasteiger partial charge in [0.15, 0.2) is 0 Å². The summed E-state index contributed by atoms with van der Waals surface area (Å²) in [5.74, 6) is 0.635. The minimum atomic E-state index is -0.808. The van der Waals surface area contributed by atoms with Crippen LogP contribution in [0.15, 0.2) is 48.7 Å². The first-order valence-electron chi connectivity index (χ1n) is 8.74. The molecule has 1 saturated carbocycles. The van der Waals surface area contributed by atoms with Crippen LogP contribution in [-0.2, 0) is 17.9 Å². The van der Waals surface area contributed by atoms with Crippen molar-refractivity contribution in [1.29, 1.82) is 0 Å². The number of nitrogens with one attached hydrogen (secondary N) is 1. The van der Waals surface area contributed by atoms with Gasteiger partial charge in [-0.05, 0) is 42.7 Å². The van der Waals surface area contributed by atoms with Crippen molar-refractivity contribution in [3.8, 4) is 5.75 Å². The molecule has 0 saturated heterocycles. The first kappa shape index (κ1) is 17.4. The van der Waals surface area contributed by atoms with E-state index < -0.39 is 5.60 Å². The topological polar surface area (TPSA) is 71.5 Å². The van der Waals surface area contributed by atoms with Crippen molar-refractivity contribution in [2.75, 3.05) is 0 Å². The molecule has 1 heterocycles. The fourth-order valence-corrected chi connectivity index (χ4v) is 3.16. The molecule has 1 aliphatic carbocycles. The Hall–Kier alpha value is -2.40. The summed E-state index contributed by atoms with van der Waals surface area (Å²) in [6.45, 7) is 0.833. The summed E-state index contributed by atoms with van der Waals surface area (Å²) >= 11 is 0. The van der Waals surface area contributed by atoms with Gasteiger partial charge in [-0.2, -0.15) is 0 Å². The van der Waals surface area contributed by atoms with Gasteiger partial charge in [-0.25, -0.2) is 0 Å². The van der Waals surface area contributed by atoms with Gasteiger partial charge in [0, 0.05) is 12.7 Å². The first-order chi connectivity index (χ1) is 12.1. The number of amides is 1. The standard InChI is InChI=1S/C20H24N2O3/c23-19(13-20(24)9-2-3-10-20)22-14-16-6-5-8-18(12-16)25-15-17-7-1-4-11-21-17/h1,4-8,11-12,24H,2-3,9-10,13-15H2,(H,22,23). The van der Waals surface area contributed by atoms with E-state index in [0.717, 1.165) is 42.7 Å². The number of hydrogen-bond acceptors (Lipinski definition) is 4. The van der Waals surface area contributed by atoms with Crippen LogP contribution in [0.1, 0.15) is 43.4 Å². The molecule has 1 amide bonds. The third-order valence-electron chi connectivity index (χ3n) is 4.52. The minimum Gasteiger partial charge on any atom is -0.487 e. The van der Waals surface area contributed by atoms with Crippen molar-refractivity contribution < 1.29 is 14.6 Å². The molecule has 0 unspecified atom stereocenters. The van der Waals surface area contributed by atoms with Crippen molar-refractivity contribution in [2.45, 2.75) is 50.9 Å². The quantitative estimate of drug-likeness (QED) is 0.813. The molecule has 1 aromatic carbocycles. The fourth-order valence-electron chi connectivity index (χ4n) is 3.16. The van der Waals surface area contributed by atoms with E-state index in [0.29, 0.717) is 13.2 Å². The molecular weight excluding hydrogens is 316 g/mol. The number of carbonyl (C=O) groups is 1. The summed E-state index contributed by atoms with van der Waals surface area (Å²) < 4.78 is 5.75. The first-order valence-corrected chi connectivity index (χ1v) is 8.74. The molecule has 0 radical (unpaired) electrons. The zero-order valence-electron chi connectivity index (χ0n) is 14.3. The number of nitrogens with zero attached hydrogens (tertiary/aromatic N) is 1. The summed E-state index contributed by atoms with van der Waals surface area (Å²) in [4.78, 5) is 16.3. The van der Waals surface area contributed by atoms with Gasteiger partial charge in [0.25, 0.3) is 0 Å². The number of aromatic nitrogens is 1. The number of pyridine rings is 1. The Kier molecular flexibility index (Phi) is 5.66. The maximum atomic E-state index is 12.1. The summed E-state index contributed by atoms with van der Waals surface area (Å²) in [6, 6.07) is 13.4. The highest BCUT2D eigenvalue weighted by Crippen LogP contribution is 2.32. The number of ether oxygens (including phenoxy) is 1. The lowest BCUT2D eigenvalue weighted by atomic mass is 9.97. The van der Waals surface area contributed by atoms with E-state index in [1.807, 2.05) is 42.5 Å². The van der Waals surface area contributed by atoms with Gasteiger partial charge >= 0.3 is 0 Å². The molecule has 0 aliphatic heterocycles. The summed E-state index contributed by atoms with van der Waals surface area (Å²) in [5.41, 5.74) is 1.02. The van der Waals surface area contributed by atoms with Crippen LogP contribution in [0.4, 0.5) is 0 Å². The molecule has 0 bridgehead atoms. The predicted octanol–water partition coefficient (Wildman–Crippen LogP) is 2.97. The van der Waals surface area contributed by atoms with Crippen molar-refractivity contribution in [3.63, 3.8) is 0 Å². The van der Waals surface area contributed by atoms with Gasteiger partial charge in [-0.15, -0.1) is 0 Å². The molecule has 2 aromatic rings. The lowest BCUT2D eigenvalue weighted by Crippen LogP contribution is -2.34. The number of rotatable bonds is 7.